The Kier molecular flexibility index (Phi) is 4.23. The second-order valence-electron chi connectivity index (χ2n) is 3.36. The average molecular weight is 187 g/mol. The molecule has 0 aromatic carbocycles. The Bertz CT molecular complexity index is 204. The van der Waals surface area contributed by atoms with Crippen molar-refractivity contribution in [2.45, 2.75) is 39.3 Å². The van der Waals surface area contributed by atoms with Gasteiger partial charge < -0.3 is 16.4 Å². The molecule has 3 amide bonds. The zero-order valence-corrected chi connectivity index (χ0v) is 8.28. The van der Waals surface area contributed by atoms with Crippen molar-refractivity contribution in [3.63, 3.8) is 0 Å². The van der Waals surface area contributed by atoms with Crippen LogP contribution in [0.15, 0.2) is 0 Å². The summed E-state index contributed by atoms with van der Waals surface area (Å²) in [6, 6.07) is -0.786. The van der Waals surface area contributed by atoms with Crippen LogP contribution >= 0.6 is 0 Å². The van der Waals surface area contributed by atoms with E-state index in [1.54, 1.807) is 6.92 Å². The number of urea groups is 1. The third-order valence-corrected chi connectivity index (χ3v) is 1.78. The fraction of sp³-hybridized carbons (Fsp3) is 0.750. The Morgan fingerprint density at radius 2 is 1.69 bits per heavy atom. The molecular weight excluding hydrogens is 170 g/mol. The van der Waals surface area contributed by atoms with Crippen LogP contribution in [0.5, 0.6) is 0 Å². The van der Waals surface area contributed by atoms with Crippen LogP contribution < -0.4 is 11.5 Å². The van der Waals surface area contributed by atoms with Gasteiger partial charge in [0.05, 0.1) is 0 Å². The Morgan fingerprint density at radius 3 is 1.92 bits per heavy atom. The molecule has 1 unspecified atom stereocenters. The molecule has 5 nitrogen and oxygen atoms in total. The van der Waals surface area contributed by atoms with Gasteiger partial charge in [-0.2, -0.15) is 0 Å². The van der Waals surface area contributed by atoms with Crippen LogP contribution in [0.1, 0.15) is 27.2 Å². The summed E-state index contributed by atoms with van der Waals surface area (Å²) >= 11 is 0. The molecule has 0 spiro atoms. The van der Waals surface area contributed by atoms with Gasteiger partial charge in [-0.1, -0.05) is 0 Å². The summed E-state index contributed by atoms with van der Waals surface area (Å²) in [5.74, 6) is -0.431. The highest BCUT2D eigenvalue weighted by Gasteiger charge is 2.21. The number of carbonyl (C=O) groups is 2. The SMILES string of the molecule is CC(C)N(C(N)=O)C(C)CC(N)=O. The highest BCUT2D eigenvalue weighted by Crippen LogP contribution is 2.07. The van der Waals surface area contributed by atoms with Crippen molar-refractivity contribution >= 4 is 11.9 Å². The fourth-order valence-corrected chi connectivity index (χ4v) is 1.37. The zero-order chi connectivity index (χ0) is 10.6. The average Bonchev–Trinajstić information content (AvgIpc) is 1.81. The molecular formula is C8H17N3O2. The van der Waals surface area contributed by atoms with Crippen molar-refractivity contribution in [3.8, 4) is 0 Å². The number of hydrogen-bond acceptors (Lipinski definition) is 2. The normalized spacial score (nSPS) is 12.6. The lowest BCUT2D eigenvalue weighted by atomic mass is 10.1. The first-order valence-corrected chi connectivity index (χ1v) is 4.22. The van der Waals surface area contributed by atoms with Crippen molar-refractivity contribution in [2.75, 3.05) is 0 Å². The van der Waals surface area contributed by atoms with Gasteiger partial charge in [0.25, 0.3) is 0 Å². The smallest absolute Gasteiger partial charge is 0.315 e. The quantitative estimate of drug-likeness (QED) is 0.650. The first-order valence-electron chi connectivity index (χ1n) is 4.22. The topological polar surface area (TPSA) is 89.4 Å². The summed E-state index contributed by atoms with van der Waals surface area (Å²) in [4.78, 5) is 23.0. The Hall–Kier alpha value is -1.26. The molecule has 1 atom stereocenters. The minimum Gasteiger partial charge on any atom is -0.370 e. The first kappa shape index (κ1) is 11.7. The zero-order valence-electron chi connectivity index (χ0n) is 8.28. The van der Waals surface area contributed by atoms with E-state index in [9.17, 15) is 9.59 Å². The highest BCUT2D eigenvalue weighted by atomic mass is 16.2. The van der Waals surface area contributed by atoms with Crippen LogP contribution in [0.4, 0.5) is 4.79 Å². The van der Waals surface area contributed by atoms with E-state index in [0.717, 1.165) is 0 Å². The van der Waals surface area contributed by atoms with E-state index in [1.807, 2.05) is 13.8 Å². The monoisotopic (exact) mass is 187 g/mol. The van der Waals surface area contributed by atoms with Crippen molar-refractivity contribution in [1.82, 2.24) is 4.90 Å². The van der Waals surface area contributed by atoms with Crippen LogP contribution in [0, 0.1) is 0 Å². The van der Waals surface area contributed by atoms with E-state index in [0.29, 0.717) is 0 Å². The second-order valence-corrected chi connectivity index (χ2v) is 3.36. The van der Waals surface area contributed by atoms with Gasteiger partial charge in [-0.15, -0.1) is 0 Å². The molecule has 0 radical (unpaired) electrons. The number of nitrogens with two attached hydrogens (primary N) is 2. The number of amides is 3. The van der Waals surface area contributed by atoms with Crippen LogP contribution in [0.3, 0.4) is 0 Å². The number of hydrogen-bond donors (Lipinski definition) is 2. The fourth-order valence-electron chi connectivity index (χ4n) is 1.37. The van der Waals surface area contributed by atoms with Crippen LogP contribution in [0.2, 0.25) is 0 Å². The van der Waals surface area contributed by atoms with Gasteiger partial charge in [-0.25, -0.2) is 4.79 Å². The minimum absolute atomic E-state index is 0.0214. The van der Waals surface area contributed by atoms with E-state index in [2.05, 4.69) is 0 Å². The van der Waals surface area contributed by atoms with E-state index < -0.39 is 11.9 Å². The van der Waals surface area contributed by atoms with Gasteiger partial charge in [0.15, 0.2) is 0 Å². The molecule has 0 fully saturated rings. The first-order chi connectivity index (χ1) is 5.86. The maximum Gasteiger partial charge on any atom is 0.315 e. The summed E-state index contributed by atoms with van der Waals surface area (Å²) in [6.45, 7) is 5.42. The van der Waals surface area contributed by atoms with Gasteiger partial charge in [-0.3, -0.25) is 4.79 Å². The van der Waals surface area contributed by atoms with E-state index >= 15 is 0 Å². The van der Waals surface area contributed by atoms with Gasteiger partial charge in [0.2, 0.25) is 5.91 Å². The minimum atomic E-state index is -0.524. The molecule has 0 bridgehead atoms. The van der Waals surface area contributed by atoms with Gasteiger partial charge in [0, 0.05) is 18.5 Å². The lowest BCUT2D eigenvalue weighted by Gasteiger charge is -2.30. The standard InChI is InChI=1S/C8H17N3O2/c1-5(2)11(8(10)13)6(3)4-7(9)12/h5-6H,4H2,1-3H3,(H2,9,12)(H2,10,13). The third kappa shape index (κ3) is 3.78. The molecule has 4 N–H and O–H groups in total. The van der Waals surface area contributed by atoms with Crippen molar-refractivity contribution in [1.29, 1.82) is 0 Å². The summed E-state index contributed by atoms with van der Waals surface area (Å²) in [5, 5.41) is 0. The lowest BCUT2D eigenvalue weighted by molar-refractivity contribution is -0.118. The van der Waals surface area contributed by atoms with Gasteiger partial charge in [0.1, 0.15) is 0 Å². The largest absolute Gasteiger partial charge is 0.370 e. The summed E-state index contributed by atoms with van der Waals surface area (Å²) in [6.07, 6.45) is 0.140. The second kappa shape index (κ2) is 4.69. The van der Waals surface area contributed by atoms with Crippen LogP contribution in [-0.4, -0.2) is 28.9 Å². The van der Waals surface area contributed by atoms with Gasteiger partial charge in [-0.05, 0) is 20.8 Å². The predicted octanol–water partition coefficient (Wildman–Crippen LogP) is 0.0394. The van der Waals surface area contributed by atoms with E-state index in [1.165, 1.54) is 4.90 Å². The Labute approximate surface area is 78.1 Å². The summed E-state index contributed by atoms with van der Waals surface area (Å²) < 4.78 is 0. The Balaban J connectivity index is 4.37. The molecule has 0 saturated heterocycles. The number of carbonyl (C=O) groups excluding carboxylic acids is 2. The maximum absolute atomic E-state index is 11.0. The molecule has 0 aliphatic rings. The van der Waals surface area contributed by atoms with Crippen molar-refractivity contribution in [2.24, 2.45) is 11.5 Å². The molecule has 76 valence electrons. The van der Waals surface area contributed by atoms with E-state index in [4.69, 9.17) is 11.5 Å². The molecule has 0 heterocycles. The number of rotatable bonds is 4. The predicted molar refractivity (Wildman–Crippen MR) is 49.8 cm³/mol. The van der Waals surface area contributed by atoms with Crippen molar-refractivity contribution < 1.29 is 9.59 Å². The molecule has 0 aliphatic carbocycles. The molecule has 0 aliphatic heterocycles. The summed E-state index contributed by atoms with van der Waals surface area (Å²) in [5.41, 5.74) is 10.2. The van der Waals surface area contributed by atoms with Crippen LogP contribution in [0.25, 0.3) is 0 Å². The highest BCUT2D eigenvalue weighted by molar-refractivity contribution is 5.77. The third-order valence-electron chi connectivity index (χ3n) is 1.78. The molecule has 0 saturated carbocycles. The molecule has 5 heteroatoms. The van der Waals surface area contributed by atoms with Gasteiger partial charge >= 0.3 is 6.03 Å². The maximum atomic E-state index is 11.0. The molecule has 0 aromatic rings. The van der Waals surface area contributed by atoms with Crippen LogP contribution in [-0.2, 0) is 4.79 Å². The van der Waals surface area contributed by atoms with E-state index in [-0.39, 0.29) is 18.5 Å². The molecule has 0 rings (SSSR count). The van der Waals surface area contributed by atoms with Crippen molar-refractivity contribution in [3.05, 3.63) is 0 Å². The number of primary amides is 2. The lowest BCUT2D eigenvalue weighted by Crippen LogP contribution is -2.47. The Morgan fingerprint density at radius 1 is 1.23 bits per heavy atom. The molecule has 13 heavy (non-hydrogen) atoms. The summed E-state index contributed by atoms with van der Waals surface area (Å²) in [7, 11) is 0. The molecule has 0 aromatic heterocycles. The number of nitrogens with zero attached hydrogens (tertiary/aromatic N) is 1.